The lowest BCUT2D eigenvalue weighted by Gasteiger charge is -2.41. The molecule has 0 radical (unpaired) electrons. The summed E-state index contributed by atoms with van der Waals surface area (Å²) in [6, 6.07) is 0. The number of hydrogen-bond acceptors (Lipinski definition) is 3. The number of ether oxygens (including phenoxy) is 1. The van der Waals surface area contributed by atoms with Crippen LogP contribution in [0.4, 0.5) is 0 Å². The van der Waals surface area contributed by atoms with Gasteiger partial charge in [-0.15, -0.1) is 0 Å². The van der Waals surface area contributed by atoms with Crippen LogP contribution < -0.4 is 10.6 Å². The molecule has 0 aromatic carbocycles. The smallest absolute Gasteiger partial charge is 0.191 e. The minimum absolute atomic E-state index is 0.116. The van der Waals surface area contributed by atoms with E-state index in [4.69, 9.17) is 4.74 Å². The summed E-state index contributed by atoms with van der Waals surface area (Å²) >= 11 is 0. The first kappa shape index (κ1) is 18.5. The van der Waals surface area contributed by atoms with E-state index in [-0.39, 0.29) is 5.54 Å². The van der Waals surface area contributed by atoms with Crippen molar-refractivity contribution in [3.05, 3.63) is 0 Å². The van der Waals surface area contributed by atoms with Gasteiger partial charge in [-0.25, -0.2) is 0 Å². The molecule has 0 aromatic heterocycles. The molecule has 134 valence electrons. The molecular weight excluding hydrogens is 288 g/mol. The molecule has 0 amide bonds. The van der Waals surface area contributed by atoms with Crippen molar-refractivity contribution < 1.29 is 4.74 Å². The molecule has 0 spiro atoms. The van der Waals surface area contributed by atoms with Crippen LogP contribution in [0.3, 0.4) is 0 Å². The van der Waals surface area contributed by atoms with Gasteiger partial charge in [-0.2, -0.15) is 0 Å². The van der Waals surface area contributed by atoms with Crippen molar-refractivity contribution in [1.82, 2.24) is 15.5 Å². The summed E-state index contributed by atoms with van der Waals surface area (Å²) in [6.45, 7) is 10.2. The summed E-state index contributed by atoms with van der Waals surface area (Å²) in [5.74, 6) is 1.85. The van der Waals surface area contributed by atoms with E-state index in [0.717, 1.165) is 51.3 Å². The van der Waals surface area contributed by atoms with Crippen LogP contribution in [0.5, 0.6) is 0 Å². The Kier molecular flexibility index (Phi) is 7.63. The highest BCUT2D eigenvalue weighted by Crippen LogP contribution is 2.25. The number of guanidine groups is 1. The molecule has 1 aliphatic carbocycles. The van der Waals surface area contributed by atoms with E-state index in [1.807, 2.05) is 7.05 Å². The highest BCUT2D eigenvalue weighted by Gasteiger charge is 2.28. The van der Waals surface area contributed by atoms with Crippen LogP contribution in [0.1, 0.15) is 52.4 Å². The van der Waals surface area contributed by atoms with Crippen LogP contribution in [-0.2, 0) is 4.74 Å². The van der Waals surface area contributed by atoms with Crippen LogP contribution in [-0.4, -0.2) is 62.8 Å². The van der Waals surface area contributed by atoms with E-state index < -0.39 is 0 Å². The Morgan fingerprint density at radius 3 is 2.48 bits per heavy atom. The average molecular weight is 325 g/mol. The van der Waals surface area contributed by atoms with E-state index in [0.29, 0.717) is 0 Å². The van der Waals surface area contributed by atoms with Gasteiger partial charge in [-0.1, -0.05) is 32.1 Å². The largest absolute Gasteiger partial charge is 0.379 e. The summed E-state index contributed by atoms with van der Waals surface area (Å²) < 4.78 is 5.45. The van der Waals surface area contributed by atoms with Gasteiger partial charge < -0.3 is 15.4 Å². The number of aliphatic imine (C=N–C) groups is 1. The minimum Gasteiger partial charge on any atom is -0.379 e. The van der Waals surface area contributed by atoms with Gasteiger partial charge in [0.05, 0.1) is 13.2 Å². The maximum Gasteiger partial charge on any atom is 0.191 e. The maximum absolute atomic E-state index is 5.45. The minimum atomic E-state index is 0.116. The van der Waals surface area contributed by atoms with Crippen LogP contribution in [0.2, 0.25) is 0 Å². The Labute approximate surface area is 142 Å². The standard InChI is InChI=1S/C18H36N4O/c1-18(2,22-11-13-23-14-12-22)15-21-17(19-3)20-10-9-16-7-5-4-6-8-16/h16H,4-15H2,1-3H3,(H2,19,20,21). The van der Waals surface area contributed by atoms with Crippen molar-refractivity contribution in [2.75, 3.05) is 46.4 Å². The fourth-order valence-electron chi connectivity index (χ4n) is 3.67. The molecule has 23 heavy (non-hydrogen) atoms. The van der Waals surface area contributed by atoms with Crippen molar-refractivity contribution >= 4 is 5.96 Å². The summed E-state index contributed by atoms with van der Waals surface area (Å²) in [5, 5.41) is 6.99. The first-order valence-corrected chi connectivity index (χ1v) is 9.39. The molecule has 0 bridgehead atoms. The monoisotopic (exact) mass is 324 g/mol. The number of nitrogens with zero attached hydrogens (tertiary/aromatic N) is 2. The third-order valence-corrected chi connectivity index (χ3v) is 5.35. The fourth-order valence-corrected chi connectivity index (χ4v) is 3.67. The lowest BCUT2D eigenvalue weighted by Crippen LogP contribution is -2.56. The number of morpholine rings is 1. The van der Waals surface area contributed by atoms with Gasteiger partial charge in [0.15, 0.2) is 5.96 Å². The van der Waals surface area contributed by atoms with Crippen LogP contribution in [0, 0.1) is 5.92 Å². The van der Waals surface area contributed by atoms with Crippen molar-refractivity contribution in [1.29, 1.82) is 0 Å². The van der Waals surface area contributed by atoms with Gasteiger partial charge in [0.25, 0.3) is 0 Å². The van der Waals surface area contributed by atoms with Gasteiger partial charge in [-0.05, 0) is 26.2 Å². The Bertz CT molecular complexity index is 358. The Morgan fingerprint density at radius 1 is 1.13 bits per heavy atom. The summed E-state index contributed by atoms with van der Waals surface area (Å²) in [7, 11) is 1.86. The molecule has 1 heterocycles. The third kappa shape index (κ3) is 6.30. The zero-order valence-electron chi connectivity index (χ0n) is 15.4. The first-order chi connectivity index (χ1) is 11.1. The van der Waals surface area contributed by atoms with Crippen molar-refractivity contribution in [2.24, 2.45) is 10.9 Å². The maximum atomic E-state index is 5.45. The molecule has 5 nitrogen and oxygen atoms in total. The van der Waals surface area contributed by atoms with E-state index in [1.165, 1.54) is 38.5 Å². The van der Waals surface area contributed by atoms with Crippen molar-refractivity contribution in [2.45, 2.75) is 57.9 Å². The Morgan fingerprint density at radius 2 is 1.83 bits per heavy atom. The van der Waals surface area contributed by atoms with Crippen molar-refractivity contribution in [3.63, 3.8) is 0 Å². The average Bonchev–Trinajstić information content (AvgIpc) is 2.59. The molecule has 0 atom stereocenters. The molecule has 2 aliphatic rings. The molecule has 1 saturated carbocycles. The molecule has 5 heteroatoms. The molecule has 1 aliphatic heterocycles. The highest BCUT2D eigenvalue weighted by molar-refractivity contribution is 5.79. The van der Waals surface area contributed by atoms with Crippen molar-refractivity contribution in [3.8, 4) is 0 Å². The molecule has 2 fully saturated rings. The van der Waals surface area contributed by atoms with Gasteiger partial charge in [0.2, 0.25) is 0 Å². The molecule has 0 unspecified atom stereocenters. The Balaban J connectivity index is 1.67. The molecule has 1 saturated heterocycles. The van der Waals surface area contributed by atoms with E-state index >= 15 is 0 Å². The Hall–Kier alpha value is -0.810. The van der Waals surface area contributed by atoms with Gasteiger partial charge >= 0.3 is 0 Å². The first-order valence-electron chi connectivity index (χ1n) is 9.39. The normalized spacial score (nSPS) is 22.1. The van der Waals surface area contributed by atoms with Crippen LogP contribution in [0.15, 0.2) is 4.99 Å². The second-order valence-corrected chi connectivity index (χ2v) is 7.56. The number of hydrogen-bond donors (Lipinski definition) is 2. The molecule has 0 aromatic rings. The molecule has 2 N–H and O–H groups in total. The summed E-state index contributed by atoms with van der Waals surface area (Å²) in [4.78, 5) is 6.87. The zero-order valence-corrected chi connectivity index (χ0v) is 15.4. The molecule has 2 rings (SSSR count). The van der Waals surface area contributed by atoms with E-state index in [9.17, 15) is 0 Å². The van der Waals surface area contributed by atoms with E-state index in [1.54, 1.807) is 0 Å². The third-order valence-electron chi connectivity index (χ3n) is 5.35. The van der Waals surface area contributed by atoms with Gasteiger partial charge in [0, 0.05) is 38.8 Å². The van der Waals surface area contributed by atoms with Gasteiger partial charge in [0.1, 0.15) is 0 Å². The second kappa shape index (κ2) is 9.48. The zero-order chi connectivity index (χ0) is 16.5. The van der Waals surface area contributed by atoms with Crippen LogP contribution >= 0.6 is 0 Å². The quantitative estimate of drug-likeness (QED) is 0.581. The number of rotatable bonds is 6. The predicted molar refractivity (Wildman–Crippen MR) is 97.0 cm³/mol. The highest BCUT2D eigenvalue weighted by atomic mass is 16.5. The lowest BCUT2D eigenvalue weighted by atomic mass is 9.87. The second-order valence-electron chi connectivity index (χ2n) is 7.56. The number of nitrogens with one attached hydrogen (secondary N) is 2. The molecular formula is C18H36N4O. The lowest BCUT2D eigenvalue weighted by molar-refractivity contribution is -0.00834. The van der Waals surface area contributed by atoms with E-state index in [2.05, 4.69) is 34.4 Å². The van der Waals surface area contributed by atoms with Gasteiger partial charge in [-0.3, -0.25) is 9.89 Å². The predicted octanol–water partition coefficient (Wildman–Crippen LogP) is 2.23. The fraction of sp³-hybridized carbons (Fsp3) is 0.944. The summed E-state index contributed by atoms with van der Waals surface area (Å²) in [5.41, 5.74) is 0.116. The SMILES string of the molecule is CN=C(NCCC1CCCCC1)NCC(C)(C)N1CCOCC1. The topological polar surface area (TPSA) is 48.9 Å². The van der Waals surface area contributed by atoms with Crippen LogP contribution in [0.25, 0.3) is 0 Å². The summed E-state index contributed by atoms with van der Waals surface area (Å²) in [6.07, 6.45) is 8.38.